The number of benzene rings is 3. The summed E-state index contributed by atoms with van der Waals surface area (Å²) in [5.74, 6) is 0.428. The van der Waals surface area contributed by atoms with Crippen molar-refractivity contribution >= 4 is 28.9 Å². The predicted octanol–water partition coefficient (Wildman–Crippen LogP) is 4.50. The number of carbonyl (C=O) groups is 2. The van der Waals surface area contributed by atoms with Crippen LogP contribution in [0.5, 0.6) is 5.75 Å². The molecular weight excluding hydrogens is 414 g/mol. The maximum Gasteiger partial charge on any atom is 0.255 e. The molecule has 3 aromatic carbocycles. The average molecular weight is 444 g/mol. The lowest BCUT2D eigenvalue weighted by Crippen LogP contribution is -2.56. The number of piperazine rings is 1. The Kier molecular flexibility index (Phi) is 6.09. The standard InChI is InChI=1S/C27H29N3O3/c1-18-7-6-8-24(19(18)2)29-17-25(31)30(22-13-15-23(33-5)16-14-22)26(27(29)32)20-9-11-21(12-10-20)28(3)4/h6-16,26H,17H2,1-5H3/t26-/m1/s1. The summed E-state index contributed by atoms with van der Waals surface area (Å²) < 4.78 is 5.27. The fraction of sp³-hybridized carbons (Fsp3) is 0.259. The van der Waals surface area contributed by atoms with E-state index in [0.29, 0.717) is 11.4 Å². The molecular formula is C27H29N3O3. The Morgan fingerprint density at radius 2 is 1.58 bits per heavy atom. The summed E-state index contributed by atoms with van der Waals surface area (Å²) >= 11 is 0. The first-order valence-electron chi connectivity index (χ1n) is 10.9. The van der Waals surface area contributed by atoms with Crippen LogP contribution in [0.2, 0.25) is 0 Å². The summed E-state index contributed by atoms with van der Waals surface area (Å²) in [6.07, 6.45) is 0. The molecule has 1 fully saturated rings. The van der Waals surface area contributed by atoms with E-state index in [2.05, 4.69) is 0 Å². The summed E-state index contributed by atoms with van der Waals surface area (Å²) in [6, 6.07) is 20.1. The van der Waals surface area contributed by atoms with Crippen LogP contribution in [-0.2, 0) is 9.59 Å². The summed E-state index contributed by atoms with van der Waals surface area (Å²) in [6.45, 7) is 3.98. The van der Waals surface area contributed by atoms with Gasteiger partial charge in [0.1, 0.15) is 18.3 Å². The smallest absolute Gasteiger partial charge is 0.255 e. The summed E-state index contributed by atoms with van der Waals surface area (Å²) in [5, 5.41) is 0. The molecule has 3 aromatic rings. The van der Waals surface area contributed by atoms with Crippen molar-refractivity contribution in [1.82, 2.24) is 0 Å². The van der Waals surface area contributed by atoms with Gasteiger partial charge in [0.05, 0.1) is 7.11 Å². The van der Waals surface area contributed by atoms with Crippen molar-refractivity contribution in [1.29, 1.82) is 0 Å². The second-order valence-electron chi connectivity index (χ2n) is 8.49. The second-order valence-corrected chi connectivity index (χ2v) is 8.49. The van der Waals surface area contributed by atoms with Crippen LogP contribution in [-0.4, -0.2) is 39.6 Å². The van der Waals surface area contributed by atoms with Crippen LogP contribution in [0.1, 0.15) is 22.7 Å². The zero-order chi connectivity index (χ0) is 23.7. The van der Waals surface area contributed by atoms with Gasteiger partial charge < -0.3 is 14.5 Å². The minimum absolute atomic E-state index is 0.0125. The van der Waals surface area contributed by atoms with Crippen LogP contribution in [0, 0.1) is 13.8 Å². The fourth-order valence-electron chi connectivity index (χ4n) is 4.21. The summed E-state index contributed by atoms with van der Waals surface area (Å²) in [5.41, 5.74) is 5.31. The van der Waals surface area contributed by atoms with Crippen LogP contribution in [0.3, 0.4) is 0 Å². The first-order chi connectivity index (χ1) is 15.8. The van der Waals surface area contributed by atoms with E-state index in [4.69, 9.17) is 4.74 Å². The maximum absolute atomic E-state index is 14.0. The third-order valence-corrected chi connectivity index (χ3v) is 6.26. The molecule has 0 saturated carbocycles. The van der Waals surface area contributed by atoms with Crippen molar-refractivity contribution in [3.05, 3.63) is 83.4 Å². The van der Waals surface area contributed by atoms with Gasteiger partial charge in [-0.3, -0.25) is 14.5 Å². The number of methoxy groups -OCH3 is 1. The van der Waals surface area contributed by atoms with Gasteiger partial charge in [0.15, 0.2) is 0 Å². The van der Waals surface area contributed by atoms with Gasteiger partial charge in [0.25, 0.3) is 5.91 Å². The largest absolute Gasteiger partial charge is 0.497 e. The van der Waals surface area contributed by atoms with E-state index in [9.17, 15) is 9.59 Å². The molecule has 1 aliphatic heterocycles. The highest BCUT2D eigenvalue weighted by molar-refractivity contribution is 6.14. The van der Waals surface area contributed by atoms with Gasteiger partial charge >= 0.3 is 0 Å². The summed E-state index contributed by atoms with van der Waals surface area (Å²) in [7, 11) is 5.54. The molecule has 1 saturated heterocycles. The highest BCUT2D eigenvalue weighted by atomic mass is 16.5. The Labute approximate surface area is 195 Å². The lowest BCUT2D eigenvalue weighted by atomic mass is 9.98. The van der Waals surface area contributed by atoms with Crippen LogP contribution in [0.15, 0.2) is 66.7 Å². The van der Waals surface area contributed by atoms with E-state index in [0.717, 1.165) is 28.1 Å². The third-order valence-electron chi connectivity index (χ3n) is 6.26. The highest BCUT2D eigenvalue weighted by Gasteiger charge is 2.42. The number of aryl methyl sites for hydroxylation is 1. The van der Waals surface area contributed by atoms with Crippen molar-refractivity contribution in [2.24, 2.45) is 0 Å². The number of hydrogen-bond donors (Lipinski definition) is 0. The quantitative estimate of drug-likeness (QED) is 0.583. The van der Waals surface area contributed by atoms with Gasteiger partial charge in [0, 0.05) is 31.2 Å². The molecule has 0 aromatic heterocycles. The van der Waals surface area contributed by atoms with Crippen LogP contribution >= 0.6 is 0 Å². The number of anilines is 3. The number of hydrogen-bond acceptors (Lipinski definition) is 4. The van der Waals surface area contributed by atoms with Crippen LogP contribution in [0.25, 0.3) is 0 Å². The Bertz CT molecular complexity index is 1170. The SMILES string of the molecule is COc1ccc(N2C(=O)CN(c3cccc(C)c3C)C(=O)[C@H]2c2ccc(N(C)C)cc2)cc1. The lowest BCUT2D eigenvalue weighted by molar-refractivity contribution is -0.128. The number of ether oxygens (including phenoxy) is 1. The molecule has 170 valence electrons. The first-order valence-corrected chi connectivity index (χ1v) is 10.9. The van der Waals surface area contributed by atoms with Crippen LogP contribution in [0.4, 0.5) is 17.1 Å². The number of nitrogens with zero attached hydrogens (tertiary/aromatic N) is 3. The van der Waals surface area contributed by atoms with E-state index < -0.39 is 6.04 Å². The molecule has 2 amide bonds. The minimum atomic E-state index is -0.768. The normalized spacial score (nSPS) is 16.2. The second kappa shape index (κ2) is 8.98. The molecule has 1 heterocycles. The zero-order valence-electron chi connectivity index (χ0n) is 19.7. The number of amides is 2. The predicted molar refractivity (Wildman–Crippen MR) is 132 cm³/mol. The molecule has 0 bridgehead atoms. The molecule has 0 N–H and O–H groups in total. The van der Waals surface area contributed by atoms with Gasteiger partial charge in [-0.05, 0) is 73.0 Å². The fourth-order valence-corrected chi connectivity index (χ4v) is 4.21. The number of rotatable bonds is 5. The van der Waals surface area contributed by atoms with Crippen LogP contribution < -0.4 is 19.4 Å². The van der Waals surface area contributed by atoms with E-state index in [1.165, 1.54) is 0 Å². The third kappa shape index (κ3) is 4.16. The molecule has 0 spiro atoms. The number of carbonyl (C=O) groups excluding carboxylic acids is 2. The molecule has 4 rings (SSSR count). The Morgan fingerprint density at radius 3 is 2.18 bits per heavy atom. The van der Waals surface area contributed by atoms with Gasteiger partial charge in [0.2, 0.25) is 5.91 Å². The topological polar surface area (TPSA) is 53.1 Å². The minimum Gasteiger partial charge on any atom is -0.497 e. The lowest BCUT2D eigenvalue weighted by Gasteiger charge is -2.41. The van der Waals surface area contributed by atoms with E-state index in [1.54, 1.807) is 29.0 Å². The Balaban J connectivity index is 1.82. The first kappa shape index (κ1) is 22.4. The van der Waals surface area contributed by atoms with Crippen molar-refractivity contribution in [3.63, 3.8) is 0 Å². The van der Waals surface area contributed by atoms with E-state index >= 15 is 0 Å². The monoisotopic (exact) mass is 443 g/mol. The summed E-state index contributed by atoms with van der Waals surface area (Å²) in [4.78, 5) is 32.7. The molecule has 33 heavy (non-hydrogen) atoms. The van der Waals surface area contributed by atoms with Crippen molar-refractivity contribution in [2.75, 3.05) is 42.4 Å². The molecule has 6 nitrogen and oxygen atoms in total. The molecule has 0 aliphatic carbocycles. The van der Waals surface area contributed by atoms with Gasteiger partial charge in [-0.25, -0.2) is 0 Å². The van der Waals surface area contributed by atoms with Crippen molar-refractivity contribution in [3.8, 4) is 5.75 Å². The highest BCUT2D eigenvalue weighted by Crippen LogP contribution is 2.37. The molecule has 6 heteroatoms. The molecule has 1 aliphatic rings. The van der Waals surface area contributed by atoms with E-state index in [1.807, 2.05) is 87.4 Å². The zero-order valence-corrected chi connectivity index (χ0v) is 19.7. The molecule has 0 radical (unpaired) electrons. The van der Waals surface area contributed by atoms with Gasteiger partial charge in [-0.15, -0.1) is 0 Å². The Hall–Kier alpha value is -3.80. The van der Waals surface area contributed by atoms with Gasteiger partial charge in [-0.1, -0.05) is 24.3 Å². The maximum atomic E-state index is 14.0. The van der Waals surface area contributed by atoms with Crippen molar-refractivity contribution in [2.45, 2.75) is 19.9 Å². The molecule has 0 unspecified atom stereocenters. The van der Waals surface area contributed by atoms with Gasteiger partial charge in [-0.2, -0.15) is 0 Å². The average Bonchev–Trinajstić information content (AvgIpc) is 2.82. The Morgan fingerprint density at radius 1 is 0.909 bits per heavy atom. The van der Waals surface area contributed by atoms with Crippen molar-refractivity contribution < 1.29 is 14.3 Å². The molecule has 1 atom stereocenters. The van der Waals surface area contributed by atoms with E-state index in [-0.39, 0.29) is 18.4 Å².